The number of likely N-dealkylation sites (tertiary alicyclic amines) is 1. The number of aromatic nitrogens is 1. The molecule has 1 aliphatic rings. The normalized spacial score (nSPS) is 14.8. The maximum atomic E-state index is 12.9. The Labute approximate surface area is 174 Å². The molecule has 0 saturated carbocycles. The van der Waals surface area contributed by atoms with E-state index >= 15 is 0 Å². The van der Waals surface area contributed by atoms with Gasteiger partial charge in [-0.2, -0.15) is 0 Å². The van der Waals surface area contributed by atoms with Crippen LogP contribution >= 0.6 is 11.3 Å². The Morgan fingerprint density at radius 2 is 1.76 bits per heavy atom. The highest BCUT2D eigenvalue weighted by Crippen LogP contribution is 2.25. The molecule has 1 atom stereocenters. The van der Waals surface area contributed by atoms with Gasteiger partial charge < -0.3 is 9.64 Å². The van der Waals surface area contributed by atoms with Crippen LogP contribution in [0.3, 0.4) is 0 Å². The third-order valence-electron chi connectivity index (χ3n) is 5.10. The Morgan fingerprint density at radius 1 is 1.03 bits per heavy atom. The predicted octanol–water partition coefficient (Wildman–Crippen LogP) is 4.53. The lowest BCUT2D eigenvalue weighted by Gasteiger charge is -2.23. The Kier molecular flexibility index (Phi) is 6.20. The minimum Gasteiger partial charge on any atom is -0.447 e. The molecule has 0 aliphatic carbocycles. The van der Waals surface area contributed by atoms with Crippen molar-refractivity contribution in [1.82, 2.24) is 9.88 Å². The molecule has 4 rings (SSSR count). The number of carbonyl (C=O) groups is 2. The second-order valence-electron chi connectivity index (χ2n) is 7.24. The molecule has 1 unspecified atom stereocenters. The third-order valence-corrected chi connectivity index (χ3v) is 6.20. The number of para-hydroxylation sites is 1. The van der Waals surface area contributed by atoms with Crippen molar-refractivity contribution in [2.24, 2.45) is 0 Å². The van der Waals surface area contributed by atoms with E-state index < -0.39 is 6.10 Å². The van der Waals surface area contributed by atoms with E-state index in [2.05, 4.69) is 11.1 Å². The molecule has 0 radical (unpaired) electrons. The van der Waals surface area contributed by atoms with E-state index in [1.165, 1.54) is 0 Å². The van der Waals surface area contributed by atoms with Crippen molar-refractivity contribution in [2.75, 3.05) is 13.1 Å². The summed E-state index contributed by atoms with van der Waals surface area (Å²) in [6, 6.07) is 17.3. The first-order chi connectivity index (χ1) is 14.2. The summed E-state index contributed by atoms with van der Waals surface area (Å²) >= 11 is 1.66. The molecule has 0 N–H and O–H groups in total. The summed E-state index contributed by atoms with van der Waals surface area (Å²) in [6.45, 7) is 1.47. The zero-order chi connectivity index (χ0) is 20.1. The maximum absolute atomic E-state index is 12.9. The number of rotatable bonds is 7. The van der Waals surface area contributed by atoms with Crippen molar-refractivity contribution >= 4 is 33.4 Å². The second-order valence-corrected chi connectivity index (χ2v) is 8.36. The number of thiazole rings is 1. The molecule has 1 aliphatic heterocycles. The fourth-order valence-electron chi connectivity index (χ4n) is 3.59. The fourth-order valence-corrected chi connectivity index (χ4v) is 4.60. The van der Waals surface area contributed by atoms with Crippen LogP contribution in [0.2, 0.25) is 0 Å². The molecule has 2 heterocycles. The highest BCUT2D eigenvalue weighted by molar-refractivity contribution is 7.18. The zero-order valence-electron chi connectivity index (χ0n) is 16.3. The van der Waals surface area contributed by atoms with E-state index in [9.17, 15) is 9.59 Å². The van der Waals surface area contributed by atoms with Gasteiger partial charge in [0.15, 0.2) is 0 Å². The Hall–Kier alpha value is -2.73. The molecule has 1 amide bonds. The average molecular weight is 409 g/mol. The van der Waals surface area contributed by atoms with Crippen LogP contribution in [0.15, 0.2) is 54.6 Å². The van der Waals surface area contributed by atoms with Gasteiger partial charge in [0.1, 0.15) is 0 Å². The number of benzene rings is 2. The van der Waals surface area contributed by atoms with Crippen molar-refractivity contribution < 1.29 is 14.3 Å². The smallest absolute Gasteiger partial charge is 0.306 e. The summed E-state index contributed by atoms with van der Waals surface area (Å²) in [5, 5.41) is 1.02. The van der Waals surface area contributed by atoms with Crippen molar-refractivity contribution in [1.29, 1.82) is 0 Å². The van der Waals surface area contributed by atoms with Gasteiger partial charge in [-0.3, -0.25) is 9.59 Å². The van der Waals surface area contributed by atoms with Gasteiger partial charge in [-0.05, 0) is 37.8 Å². The highest BCUT2D eigenvalue weighted by atomic mass is 32.1. The van der Waals surface area contributed by atoms with Gasteiger partial charge >= 0.3 is 5.97 Å². The molecular formula is C23H24N2O3S. The number of fused-ring (bicyclic) bond motifs is 1. The van der Waals surface area contributed by atoms with Gasteiger partial charge in [-0.25, -0.2) is 4.98 Å². The minimum atomic E-state index is -0.857. The largest absolute Gasteiger partial charge is 0.447 e. The molecule has 150 valence electrons. The summed E-state index contributed by atoms with van der Waals surface area (Å²) in [5.74, 6) is -0.458. The third kappa shape index (κ3) is 4.82. The van der Waals surface area contributed by atoms with Gasteiger partial charge in [0, 0.05) is 25.1 Å². The van der Waals surface area contributed by atoms with Crippen LogP contribution in [0.5, 0.6) is 0 Å². The fraction of sp³-hybridized carbons (Fsp3) is 0.348. The van der Waals surface area contributed by atoms with Crippen molar-refractivity contribution in [3.63, 3.8) is 0 Å². The SMILES string of the molecule is O=C(CCCc1nc2ccccc2s1)OC(C(=O)N1CCCC1)c1ccccc1. The summed E-state index contributed by atoms with van der Waals surface area (Å²) in [6.07, 6.45) is 2.80. The van der Waals surface area contributed by atoms with Gasteiger partial charge in [0.25, 0.3) is 5.91 Å². The lowest BCUT2D eigenvalue weighted by molar-refractivity contribution is -0.160. The number of ether oxygens (including phenoxy) is 1. The van der Waals surface area contributed by atoms with Crippen LogP contribution in [0.4, 0.5) is 0 Å². The van der Waals surface area contributed by atoms with Gasteiger partial charge in [0.2, 0.25) is 6.10 Å². The topological polar surface area (TPSA) is 59.5 Å². The molecule has 3 aromatic rings. The van der Waals surface area contributed by atoms with Crippen LogP contribution in [0.25, 0.3) is 10.2 Å². The quantitative estimate of drug-likeness (QED) is 0.539. The first-order valence-corrected chi connectivity index (χ1v) is 10.9. The molecule has 0 spiro atoms. The second kappa shape index (κ2) is 9.18. The first-order valence-electron chi connectivity index (χ1n) is 10.1. The van der Waals surface area contributed by atoms with Crippen LogP contribution in [-0.2, 0) is 20.7 Å². The van der Waals surface area contributed by atoms with Crippen LogP contribution in [0.1, 0.15) is 42.4 Å². The van der Waals surface area contributed by atoms with E-state index in [4.69, 9.17) is 4.74 Å². The van der Waals surface area contributed by atoms with E-state index in [1.807, 2.05) is 48.5 Å². The summed E-state index contributed by atoms with van der Waals surface area (Å²) in [7, 11) is 0. The highest BCUT2D eigenvalue weighted by Gasteiger charge is 2.30. The molecule has 29 heavy (non-hydrogen) atoms. The monoisotopic (exact) mass is 408 g/mol. The van der Waals surface area contributed by atoms with E-state index in [-0.39, 0.29) is 18.3 Å². The van der Waals surface area contributed by atoms with Gasteiger partial charge in [0.05, 0.1) is 15.2 Å². The Bertz CT molecular complexity index is 947. The number of amides is 1. The van der Waals surface area contributed by atoms with Crippen molar-refractivity contribution in [2.45, 2.75) is 38.2 Å². The number of carbonyl (C=O) groups excluding carboxylic acids is 2. The number of aryl methyl sites for hydroxylation is 1. The average Bonchev–Trinajstić information content (AvgIpc) is 3.42. The molecule has 2 aromatic carbocycles. The van der Waals surface area contributed by atoms with Crippen LogP contribution < -0.4 is 0 Å². The Morgan fingerprint density at radius 3 is 2.52 bits per heavy atom. The number of esters is 1. The Balaban J connectivity index is 1.36. The van der Waals surface area contributed by atoms with Gasteiger partial charge in [-0.15, -0.1) is 11.3 Å². The molecule has 1 saturated heterocycles. The summed E-state index contributed by atoms with van der Waals surface area (Å²) in [5.41, 5.74) is 1.72. The molecular weight excluding hydrogens is 384 g/mol. The minimum absolute atomic E-state index is 0.117. The standard InChI is InChI=1S/C23H24N2O3S/c26-21(14-8-13-20-24-18-11-4-5-12-19(18)29-20)28-22(17-9-2-1-3-10-17)23(27)25-15-6-7-16-25/h1-5,9-12,22H,6-8,13-16H2. The maximum Gasteiger partial charge on any atom is 0.306 e. The zero-order valence-corrected chi connectivity index (χ0v) is 17.1. The summed E-state index contributed by atoms with van der Waals surface area (Å²) in [4.78, 5) is 31.8. The van der Waals surface area contributed by atoms with Crippen molar-refractivity contribution in [3.8, 4) is 0 Å². The lowest BCUT2D eigenvalue weighted by Crippen LogP contribution is -2.34. The molecule has 0 bridgehead atoms. The van der Waals surface area contributed by atoms with Crippen LogP contribution in [-0.4, -0.2) is 34.8 Å². The van der Waals surface area contributed by atoms with E-state index in [0.717, 1.165) is 53.1 Å². The number of hydrogen-bond donors (Lipinski definition) is 0. The molecule has 5 nitrogen and oxygen atoms in total. The lowest BCUT2D eigenvalue weighted by atomic mass is 10.1. The predicted molar refractivity (Wildman–Crippen MR) is 114 cm³/mol. The summed E-state index contributed by atoms with van der Waals surface area (Å²) < 4.78 is 6.82. The number of nitrogens with zero attached hydrogens (tertiary/aromatic N) is 2. The van der Waals surface area contributed by atoms with Crippen molar-refractivity contribution in [3.05, 3.63) is 65.2 Å². The number of hydrogen-bond acceptors (Lipinski definition) is 5. The first kappa shape index (κ1) is 19.6. The van der Waals surface area contributed by atoms with Gasteiger partial charge in [-0.1, -0.05) is 42.5 Å². The van der Waals surface area contributed by atoms with E-state index in [1.54, 1.807) is 16.2 Å². The molecule has 6 heteroatoms. The molecule has 1 aromatic heterocycles. The van der Waals surface area contributed by atoms with Crippen LogP contribution in [0, 0.1) is 0 Å². The van der Waals surface area contributed by atoms with E-state index in [0.29, 0.717) is 6.42 Å². The molecule has 1 fully saturated rings.